The van der Waals surface area contributed by atoms with Gasteiger partial charge < -0.3 is 9.47 Å². The fourth-order valence-corrected chi connectivity index (χ4v) is 2.29. The van der Waals surface area contributed by atoms with E-state index in [1.54, 1.807) is 14.2 Å². The molecule has 0 unspecified atom stereocenters. The quantitative estimate of drug-likeness (QED) is 0.813. The van der Waals surface area contributed by atoms with Gasteiger partial charge in [-0.2, -0.15) is 0 Å². The molecule has 0 aromatic heterocycles. The van der Waals surface area contributed by atoms with Crippen LogP contribution in [-0.2, 0) is 13.1 Å². The number of nitrogens with zero attached hydrogens (tertiary/aromatic N) is 1. The van der Waals surface area contributed by atoms with Gasteiger partial charge in [-0.1, -0.05) is 12.1 Å². The van der Waals surface area contributed by atoms with Crippen LogP contribution in [0, 0.1) is 11.6 Å². The second kappa shape index (κ2) is 7.22. The Labute approximate surface area is 129 Å². The molecule has 0 radical (unpaired) electrons. The van der Waals surface area contributed by atoms with Gasteiger partial charge in [-0.15, -0.1) is 0 Å². The molecule has 0 saturated carbocycles. The minimum Gasteiger partial charge on any atom is -0.493 e. The van der Waals surface area contributed by atoms with Crippen LogP contribution in [0.15, 0.2) is 36.4 Å². The van der Waals surface area contributed by atoms with E-state index in [2.05, 4.69) is 0 Å². The summed E-state index contributed by atoms with van der Waals surface area (Å²) in [6.45, 7) is 0.998. The lowest BCUT2D eigenvalue weighted by atomic mass is 10.1. The molecule has 0 aliphatic heterocycles. The summed E-state index contributed by atoms with van der Waals surface area (Å²) in [5.74, 6) is 0.225. The van der Waals surface area contributed by atoms with E-state index in [1.165, 1.54) is 12.1 Å². The molecule has 2 rings (SSSR count). The molecule has 0 aliphatic rings. The Morgan fingerprint density at radius 1 is 0.909 bits per heavy atom. The summed E-state index contributed by atoms with van der Waals surface area (Å²) in [6.07, 6.45) is 0. The molecule has 5 heteroatoms. The average Bonchev–Trinajstić information content (AvgIpc) is 2.50. The van der Waals surface area contributed by atoms with E-state index in [0.29, 0.717) is 30.2 Å². The Bertz CT molecular complexity index is 647. The van der Waals surface area contributed by atoms with Crippen molar-refractivity contribution in [3.63, 3.8) is 0 Å². The largest absolute Gasteiger partial charge is 0.493 e. The highest BCUT2D eigenvalue weighted by atomic mass is 19.1. The van der Waals surface area contributed by atoms with Crippen LogP contribution in [0.25, 0.3) is 0 Å². The van der Waals surface area contributed by atoms with E-state index >= 15 is 0 Å². The Hall–Kier alpha value is -2.14. The van der Waals surface area contributed by atoms with Gasteiger partial charge >= 0.3 is 0 Å². The standard InChI is InChI=1S/C17H19F2NO2/c1-20(11-13-5-6-14(18)9-15(13)19)10-12-4-7-16(21-2)17(8-12)22-3/h4-9H,10-11H2,1-3H3. The minimum absolute atomic E-state index is 0.389. The first kappa shape index (κ1) is 16.2. The topological polar surface area (TPSA) is 21.7 Å². The van der Waals surface area contributed by atoms with Crippen LogP contribution in [0.1, 0.15) is 11.1 Å². The molecular weight excluding hydrogens is 288 g/mol. The van der Waals surface area contributed by atoms with Crippen molar-refractivity contribution >= 4 is 0 Å². The van der Waals surface area contributed by atoms with Gasteiger partial charge in [0.1, 0.15) is 11.6 Å². The minimum atomic E-state index is -0.566. The van der Waals surface area contributed by atoms with Crippen molar-refractivity contribution in [1.29, 1.82) is 0 Å². The fraction of sp³-hybridized carbons (Fsp3) is 0.294. The zero-order valence-corrected chi connectivity index (χ0v) is 12.9. The van der Waals surface area contributed by atoms with E-state index in [-0.39, 0.29) is 0 Å². The van der Waals surface area contributed by atoms with Gasteiger partial charge in [-0.3, -0.25) is 4.90 Å². The van der Waals surface area contributed by atoms with Crippen LogP contribution in [0.3, 0.4) is 0 Å². The lowest BCUT2D eigenvalue weighted by Crippen LogP contribution is -2.18. The molecule has 118 valence electrons. The maximum atomic E-state index is 13.7. The van der Waals surface area contributed by atoms with Gasteiger partial charge in [0.05, 0.1) is 14.2 Å². The van der Waals surface area contributed by atoms with Crippen LogP contribution in [0.5, 0.6) is 11.5 Å². The van der Waals surface area contributed by atoms with Gasteiger partial charge in [0.2, 0.25) is 0 Å². The number of halogens is 2. The number of rotatable bonds is 6. The summed E-state index contributed by atoms with van der Waals surface area (Å²) in [7, 11) is 5.04. The first-order valence-electron chi connectivity index (χ1n) is 6.87. The highest BCUT2D eigenvalue weighted by molar-refractivity contribution is 5.42. The summed E-state index contributed by atoms with van der Waals surface area (Å²) in [4.78, 5) is 1.94. The molecule has 0 spiro atoms. The van der Waals surface area contributed by atoms with Gasteiger partial charge in [0.25, 0.3) is 0 Å². The molecular formula is C17H19F2NO2. The third-order valence-electron chi connectivity index (χ3n) is 3.36. The van der Waals surface area contributed by atoms with Crippen LogP contribution in [0.2, 0.25) is 0 Å². The third-order valence-corrected chi connectivity index (χ3v) is 3.36. The molecule has 0 atom stereocenters. The van der Waals surface area contributed by atoms with Crippen molar-refractivity contribution in [1.82, 2.24) is 4.90 Å². The van der Waals surface area contributed by atoms with Gasteiger partial charge in [-0.25, -0.2) is 8.78 Å². The SMILES string of the molecule is COc1ccc(CN(C)Cc2ccc(F)cc2F)cc1OC. The van der Waals surface area contributed by atoms with E-state index in [9.17, 15) is 8.78 Å². The van der Waals surface area contributed by atoms with E-state index in [4.69, 9.17) is 9.47 Å². The Morgan fingerprint density at radius 2 is 1.64 bits per heavy atom. The molecule has 0 saturated heterocycles. The highest BCUT2D eigenvalue weighted by Crippen LogP contribution is 2.28. The van der Waals surface area contributed by atoms with Gasteiger partial charge in [0, 0.05) is 24.7 Å². The summed E-state index contributed by atoms with van der Waals surface area (Å²) in [5.41, 5.74) is 1.48. The third kappa shape index (κ3) is 3.95. The number of methoxy groups -OCH3 is 2. The predicted octanol–water partition coefficient (Wildman–Crippen LogP) is 3.61. The fourth-order valence-electron chi connectivity index (χ4n) is 2.29. The highest BCUT2D eigenvalue weighted by Gasteiger charge is 2.09. The summed E-state index contributed by atoms with van der Waals surface area (Å²) in [6, 6.07) is 9.29. The molecule has 2 aromatic carbocycles. The van der Waals surface area contributed by atoms with Crippen LogP contribution in [-0.4, -0.2) is 26.2 Å². The van der Waals surface area contributed by atoms with Crippen LogP contribution in [0.4, 0.5) is 8.78 Å². The molecule has 0 N–H and O–H groups in total. The van der Waals surface area contributed by atoms with Crippen molar-refractivity contribution in [2.24, 2.45) is 0 Å². The Balaban J connectivity index is 2.07. The van der Waals surface area contributed by atoms with E-state index < -0.39 is 11.6 Å². The zero-order valence-electron chi connectivity index (χ0n) is 12.9. The molecule has 0 bridgehead atoms. The monoisotopic (exact) mass is 307 g/mol. The van der Waals surface area contributed by atoms with E-state index in [1.807, 2.05) is 30.1 Å². The van der Waals surface area contributed by atoms with Crippen molar-refractivity contribution in [3.8, 4) is 11.5 Å². The molecule has 0 heterocycles. The van der Waals surface area contributed by atoms with Crippen molar-refractivity contribution in [2.75, 3.05) is 21.3 Å². The number of hydrogen-bond donors (Lipinski definition) is 0. The lowest BCUT2D eigenvalue weighted by Gasteiger charge is -2.18. The normalized spacial score (nSPS) is 10.8. The number of ether oxygens (including phenoxy) is 2. The van der Waals surface area contributed by atoms with Crippen molar-refractivity contribution in [3.05, 3.63) is 59.2 Å². The zero-order chi connectivity index (χ0) is 16.1. The summed E-state index contributed by atoms with van der Waals surface area (Å²) in [5, 5.41) is 0. The molecule has 0 aliphatic carbocycles. The van der Waals surface area contributed by atoms with Crippen LogP contribution >= 0.6 is 0 Å². The number of benzene rings is 2. The molecule has 0 fully saturated rings. The maximum Gasteiger partial charge on any atom is 0.161 e. The van der Waals surface area contributed by atoms with Crippen LogP contribution < -0.4 is 9.47 Å². The molecule has 0 amide bonds. The molecule has 22 heavy (non-hydrogen) atoms. The molecule has 3 nitrogen and oxygen atoms in total. The Morgan fingerprint density at radius 3 is 2.27 bits per heavy atom. The van der Waals surface area contributed by atoms with Crippen molar-refractivity contribution < 1.29 is 18.3 Å². The second-order valence-corrected chi connectivity index (χ2v) is 5.10. The first-order chi connectivity index (χ1) is 10.5. The predicted molar refractivity (Wildman–Crippen MR) is 81.1 cm³/mol. The summed E-state index contributed by atoms with van der Waals surface area (Å²) < 4.78 is 37.0. The second-order valence-electron chi connectivity index (χ2n) is 5.10. The van der Waals surface area contributed by atoms with Gasteiger partial charge in [-0.05, 0) is 30.8 Å². The maximum absolute atomic E-state index is 13.7. The average molecular weight is 307 g/mol. The smallest absolute Gasteiger partial charge is 0.161 e. The summed E-state index contributed by atoms with van der Waals surface area (Å²) >= 11 is 0. The van der Waals surface area contributed by atoms with Gasteiger partial charge in [0.15, 0.2) is 11.5 Å². The first-order valence-corrected chi connectivity index (χ1v) is 6.87. The van der Waals surface area contributed by atoms with E-state index in [0.717, 1.165) is 11.6 Å². The number of hydrogen-bond acceptors (Lipinski definition) is 3. The Kier molecular flexibility index (Phi) is 5.33. The lowest BCUT2D eigenvalue weighted by molar-refractivity contribution is 0.311. The molecule has 2 aromatic rings. The van der Waals surface area contributed by atoms with Crippen molar-refractivity contribution in [2.45, 2.75) is 13.1 Å².